The standard InChI is InChI=1S/C33H39N5O3/c1-4-41-33(39)29-20-34-38(32(29)28-19-27(28)30-21-37(2)36-35-30)26-15-9-13-24(18-26)23-12-8-14-25(17-23)31(40-3)16-22-10-6-5-7-11-22/h8-9,12-15,17-18,20-22,27-28,31H,4-7,10-11,16,19H2,1-3H3. The van der Waals surface area contributed by atoms with Gasteiger partial charge in [-0.05, 0) is 60.6 Å². The van der Waals surface area contributed by atoms with E-state index in [9.17, 15) is 4.79 Å². The van der Waals surface area contributed by atoms with E-state index < -0.39 is 0 Å². The van der Waals surface area contributed by atoms with Crippen LogP contribution in [0.1, 0.15) is 97.1 Å². The lowest BCUT2D eigenvalue weighted by atomic mass is 9.84. The molecule has 2 aliphatic carbocycles. The number of rotatable bonds is 10. The van der Waals surface area contributed by atoms with Gasteiger partial charge >= 0.3 is 5.97 Å². The fourth-order valence-corrected chi connectivity index (χ4v) is 6.48. The zero-order valence-corrected chi connectivity index (χ0v) is 24.2. The van der Waals surface area contributed by atoms with Gasteiger partial charge in [-0.25, -0.2) is 9.48 Å². The molecule has 214 valence electrons. The van der Waals surface area contributed by atoms with Crippen molar-refractivity contribution in [2.45, 2.75) is 69.8 Å². The van der Waals surface area contributed by atoms with Crippen molar-refractivity contribution in [3.8, 4) is 16.8 Å². The average Bonchev–Trinajstić information content (AvgIpc) is 3.45. The van der Waals surface area contributed by atoms with E-state index in [4.69, 9.17) is 14.6 Å². The average molecular weight is 554 g/mol. The number of methoxy groups -OCH3 is 1. The van der Waals surface area contributed by atoms with Crippen LogP contribution in [0.5, 0.6) is 0 Å². The van der Waals surface area contributed by atoms with E-state index in [2.05, 4.69) is 52.8 Å². The van der Waals surface area contributed by atoms with Gasteiger partial charge in [0.25, 0.3) is 0 Å². The summed E-state index contributed by atoms with van der Waals surface area (Å²) in [4.78, 5) is 12.9. The van der Waals surface area contributed by atoms with Gasteiger partial charge in [-0.3, -0.25) is 4.68 Å². The van der Waals surface area contributed by atoms with E-state index in [-0.39, 0.29) is 23.9 Å². The highest BCUT2D eigenvalue weighted by atomic mass is 16.5. The molecule has 0 bridgehead atoms. The number of carbonyl (C=O) groups is 1. The zero-order valence-electron chi connectivity index (χ0n) is 24.2. The van der Waals surface area contributed by atoms with Crippen molar-refractivity contribution in [2.75, 3.05) is 13.7 Å². The highest BCUT2D eigenvalue weighted by molar-refractivity contribution is 5.91. The Hall–Kier alpha value is -3.78. The van der Waals surface area contributed by atoms with Crippen molar-refractivity contribution in [3.63, 3.8) is 0 Å². The van der Waals surface area contributed by atoms with Crippen LogP contribution < -0.4 is 0 Å². The molecular weight excluding hydrogens is 514 g/mol. The largest absolute Gasteiger partial charge is 0.462 e. The van der Waals surface area contributed by atoms with Crippen LogP contribution in [0.15, 0.2) is 60.9 Å². The fourth-order valence-electron chi connectivity index (χ4n) is 6.48. The van der Waals surface area contributed by atoms with Crippen molar-refractivity contribution >= 4 is 5.97 Å². The molecule has 0 aliphatic heterocycles. The molecule has 0 radical (unpaired) electrons. The maximum absolute atomic E-state index is 12.9. The molecule has 0 amide bonds. The van der Waals surface area contributed by atoms with Crippen LogP contribution in [-0.4, -0.2) is 44.5 Å². The molecule has 8 heteroatoms. The minimum Gasteiger partial charge on any atom is -0.462 e. The first-order valence-electron chi connectivity index (χ1n) is 14.9. The lowest BCUT2D eigenvalue weighted by Crippen LogP contribution is -2.12. The number of aryl methyl sites for hydroxylation is 1. The Balaban J connectivity index is 1.31. The normalized spacial score (nSPS) is 19.7. The minimum atomic E-state index is -0.342. The Bertz CT molecular complexity index is 1500. The van der Waals surface area contributed by atoms with Gasteiger partial charge in [0, 0.05) is 32.2 Å². The molecule has 2 fully saturated rings. The third kappa shape index (κ3) is 5.84. The summed E-state index contributed by atoms with van der Waals surface area (Å²) >= 11 is 0. The second kappa shape index (κ2) is 12.0. The second-order valence-corrected chi connectivity index (χ2v) is 11.5. The summed E-state index contributed by atoms with van der Waals surface area (Å²) < 4.78 is 15.0. The van der Waals surface area contributed by atoms with E-state index in [0.717, 1.165) is 47.0 Å². The van der Waals surface area contributed by atoms with Gasteiger partial charge in [-0.2, -0.15) is 5.10 Å². The second-order valence-electron chi connectivity index (χ2n) is 11.5. The smallest absolute Gasteiger partial charge is 0.341 e. The summed E-state index contributed by atoms with van der Waals surface area (Å²) in [6.07, 6.45) is 12.3. The molecule has 2 aliphatic rings. The summed E-state index contributed by atoms with van der Waals surface area (Å²) in [6.45, 7) is 2.14. The highest BCUT2D eigenvalue weighted by Crippen LogP contribution is 2.55. The molecule has 0 spiro atoms. The van der Waals surface area contributed by atoms with Crippen molar-refractivity contribution in [2.24, 2.45) is 13.0 Å². The summed E-state index contributed by atoms with van der Waals surface area (Å²) in [5.74, 6) is 0.705. The SMILES string of the molecule is CCOC(=O)c1cnn(-c2cccc(-c3cccc(C(CC4CCCCC4)OC)c3)c2)c1C1CC1c1cn(C)nn1. The Labute approximate surface area is 241 Å². The van der Waals surface area contributed by atoms with E-state index in [1.807, 2.05) is 38.0 Å². The Kier molecular flexibility index (Phi) is 8.01. The van der Waals surface area contributed by atoms with Gasteiger partial charge < -0.3 is 9.47 Å². The maximum atomic E-state index is 12.9. The number of hydrogen-bond acceptors (Lipinski definition) is 6. The number of aromatic nitrogens is 5. The third-order valence-corrected chi connectivity index (χ3v) is 8.68. The summed E-state index contributed by atoms with van der Waals surface area (Å²) in [7, 11) is 3.70. The summed E-state index contributed by atoms with van der Waals surface area (Å²) in [6, 6.07) is 17.1. The van der Waals surface area contributed by atoms with Gasteiger partial charge in [0.05, 0.1) is 36.0 Å². The minimum absolute atomic E-state index is 0.0963. The van der Waals surface area contributed by atoms with Crippen molar-refractivity contribution in [1.82, 2.24) is 24.8 Å². The molecule has 6 rings (SSSR count). The molecule has 2 saturated carbocycles. The third-order valence-electron chi connectivity index (χ3n) is 8.68. The van der Waals surface area contributed by atoms with E-state index in [1.54, 1.807) is 10.9 Å². The van der Waals surface area contributed by atoms with Gasteiger partial charge in [0.15, 0.2) is 0 Å². The lowest BCUT2D eigenvalue weighted by molar-refractivity contribution is 0.0525. The number of hydrogen-bond donors (Lipinski definition) is 0. The van der Waals surface area contributed by atoms with Crippen LogP contribution in [-0.2, 0) is 16.5 Å². The number of benzene rings is 2. The zero-order chi connectivity index (χ0) is 28.3. The number of carbonyl (C=O) groups excluding carboxylic acids is 1. The molecule has 2 heterocycles. The van der Waals surface area contributed by atoms with E-state index in [1.165, 1.54) is 37.7 Å². The lowest BCUT2D eigenvalue weighted by Gasteiger charge is -2.26. The van der Waals surface area contributed by atoms with Crippen LogP contribution in [0.4, 0.5) is 0 Å². The van der Waals surface area contributed by atoms with Gasteiger partial charge in [-0.15, -0.1) is 5.10 Å². The van der Waals surface area contributed by atoms with Crippen LogP contribution in [0, 0.1) is 5.92 Å². The van der Waals surface area contributed by atoms with Gasteiger partial charge in [0.2, 0.25) is 0 Å². The predicted molar refractivity (Wildman–Crippen MR) is 157 cm³/mol. The number of ether oxygens (including phenoxy) is 2. The maximum Gasteiger partial charge on any atom is 0.341 e. The van der Waals surface area contributed by atoms with Crippen LogP contribution in [0.2, 0.25) is 0 Å². The molecule has 2 aromatic carbocycles. The number of nitrogens with zero attached hydrogens (tertiary/aromatic N) is 5. The molecule has 0 saturated heterocycles. The van der Waals surface area contributed by atoms with E-state index >= 15 is 0 Å². The monoisotopic (exact) mass is 553 g/mol. The molecule has 3 unspecified atom stereocenters. The fraction of sp³-hybridized carbons (Fsp3) is 0.455. The molecule has 4 aromatic rings. The Morgan fingerprint density at radius 1 is 1.05 bits per heavy atom. The van der Waals surface area contributed by atoms with Gasteiger partial charge in [0.1, 0.15) is 5.56 Å². The summed E-state index contributed by atoms with van der Waals surface area (Å²) in [5, 5.41) is 13.1. The van der Waals surface area contributed by atoms with Crippen LogP contribution in [0.25, 0.3) is 16.8 Å². The first-order valence-corrected chi connectivity index (χ1v) is 14.9. The molecule has 3 atom stereocenters. The Morgan fingerprint density at radius 2 is 1.83 bits per heavy atom. The van der Waals surface area contributed by atoms with Crippen molar-refractivity contribution in [1.29, 1.82) is 0 Å². The Morgan fingerprint density at radius 3 is 2.56 bits per heavy atom. The van der Waals surface area contributed by atoms with Crippen molar-refractivity contribution < 1.29 is 14.3 Å². The van der Waals surface area contributed by atoms with Crippen LogP contribution in [0.3, 0.4) is 0 Å². The first kappa shape index (κ1) is 27.4. The molecule has 41 heavy (non-hydrogen) atoms. The molecule has 8 nitrogen and oxygen atoms in total. The molecule has 2 aromatic heterocycles. The van der Waals surface area contributed by atoms with E-state index in [0.29, 0.717) is 12.2 Å². The first-order chi connectivity index (χ1) is 20.1. The number of esters is 1. The summed E-state index contributed by atoms with van der Waals surface area (Å²) in [5.41, 5.74) is 6.68. The molecular formula is C33H39N5O3. The van der Waals surface area contributed by atoms with Crippen LogP contribution >= 0.6 is 0 Å². The van der Waals surface area contributed by atoms with Crippen molar-refractivity contribution in [3.05, 3.63) is 83.4 Å². The van der Waals surface area contributed by atoms with Gasteiger partial charge in [-0.1, -0.05) is 67.6 Å². The molecule has 0 N–H and O–H groups in total. The quantitative estimate of drug-likeness (QED) is 0.202. The topological polar surface area (TPSA) is 84.1 Å². The highest BCUT2D eigenvalue weighted by Gasteiger charge is 2.46. The predicted octanol–water partition coefficient (Wildman–Crippen LogP) is 6.77.